The molecule has 0 atom stereocenters. The van der Waals surface area contributed by atoms with Gasteiger partial charge in [0, 0.05) is 15.5 Å². The lowest BCUT2D eigenvalue weighted by molar-refractivity contribution is 0.0461. The Balaban J connectivity index is 2.47. The third kappa shape index (κ3) is 3.62. The van der Waals surface area contributed by atoms with E-state index in [4.69, 9.17) is 22.1 Å². The number of carbonyl (C=O) groups excluding carboxylic acids is 1. The molecule has 0 unspecified atom stereocenters. The van der Waals surface area contributed by atoms with Crippen molar-refractivity contribution in [3.63, 3.8) is 0 Å². The molecule has 2 N–H and O–H groups in total. The predicted octanol–water partition coefficient (Wildman–Crippen LogP) is 5.03. The molecule has 0 bridgehead atoms. The van der Waals surface area contributed by atoms with Crippen molar-refractivity contribution in [2.24, 2.45) is 5.92 Å². The second-order valence-electron chi connectivity index (χ2n) is 5.49. The maximum absolute atomic E-state index is 12.4. The van der Waals surface area contributed by atoms with E-state index >= 15 is 0 Å². The topological polar surface area (TPSA) is 52.3 Å². The number of ether oxygens (including phenoxy) is 1. The van der Waals surface area contributed by atoms with Gasteiger partial charge in [-0.25, -0.2) is 4.79 Å². The van der Waals surface area contributed by atoms with E-state index in [0.29, 0.717) is 22.2 Å². The summed E-state index contributed by atoms with van der Waals surface area (Å²) in [5.41, 5.74) is 8.37. The van der Waals surface area contributed by atoms with E-state index in [1.165, 1.54) is 11.3 Å². The van der Waals surface area contributed by atoms with Gasteiger partial charge in [-0.1, -0.05) is 44.5 Å². The highest BCUT2D eigenvalue weighted by molar-refractivity contribution is 7.17. The van der Waals surface area contributed by atoms with E-state index < -0.39 is 0 Å². The van der Waals surface area contributed by atoms with Crippen LogP contribution in [-0.4, -0.2) is 12.6 Å². The second-order valence-corrected chi connectivity index (χ2v) is 7.07. The van der Waals surface area contributed by atoms with Crippen molar-refractivity contribution < 1.29 is 9.53 Å². The lowest BCUT2D eigenvalue weighted by Gasteiger charge is -2.10. The zero-order chi connectivity index (χ0) is 16.3. The molecule has 1 aromatic heterocycles. The zero-order valence-corrected chi connectivity index (χ0v) is 14.6. The molecule has 2 aromatic rings. The average Bonchev–Trinajstić information content (AvgIpc) is 2.82. The highest BCUT2D eigenvalue weighted by Gasteiger charge is 2.24. The minimum absolute atomic E-state index is 0.286. The van der Waals surface area contributed by atoms with E-state index in [9.17, 15) is 4.79 Å². The number of anilines is 1. The van der Waals surface area contributed by atoms with Crippen molar-refractivity contribution in [3.8, 4) is 11.1 Å². The predicted molar refractivity (Wildman–Crippen MR) is 93.7 cm³/mol. The molecular formula is C17H20ClNO2S. The molecule has 0 spiro atoms. The van der Waals surface area contributed by atoms with Gasteiger partial charge in [-0.2, -0.15) is 0 Å². The number of benzene rings is 1. The van der Waals surface area contributed by atoms with E-state index in [1.807, 2.05) is 45.0 Å². The molecule has 22 heavy (non-hydrogen) atoms. The van der Waals surface area contributed by atoms with E-state index in [2.05, 4.69) is 0 Å². The Morgan fingerprint density at radius 2 is 1.95 bits per heavy atom. The Hall–Kier alpha value is -1.52. The highest BCUT2D eigenvalue weighted by Crippen LogP contribution is 2.39. The van der Waals surface area contributed by atoms with Gasteiger partial charge in [-0.05, 0) is 30.0 Å². The zero-order valence-electron chi connectivity index (χ0n) is 13.0. The summed E-state index contributed by atoms with van der Waals surface area (Å²) in [4.78, 5) is 13.5. The monoisotopic (exact) mass is 337 g/mol. The average molecular weight is 338 g/mol. The first-order valence-electron chi connectivity index (χ1n) is 7.28. The summed E-state index contributed by atoms with van der Waals surface area (Å²) in [7, 11) is 0. The SMILES string of the molecule is CCc1sc(N)c(C(=O)OCC(C)C)c1-c1ccc(Cl)cc1. The fourth-order valence-electron chi connectivity index (χ4n) is 2.19. The molecule has 118 valence electrons. The molecule has 2 rings (SSSR count). The number of rotatable bonds is 5. The number of nitrogen functional groups attached to an aromatic ring is 1. The Morgan fingerprint density at radius 3 is 2.50 bits per heavy atom. The quantitative estimate of drug-likeness (QED) is 0.779. The van der Waals surface area contributed by atoms with Crippen LogP contribution in [0.1, 0.15) is 36.0 Å². The number of nitrogens with two attached hydrogens (primary N) is 1. The number of esters is 1. The largest absolute Gasteiger partial charge is 0.462 e. The molecule has 1 heterocycles. The summed E-state index contributed by atoms with van der Waals surface area (Å²) in [5.74, 6) is -0.0689. The normalized spacial score (nSPS) is 11.0. The number of aryl methyl sites for hydroxylation is 1. The fraction of sp³-hybridized carbons (Fsp3) is 0.353. The van der Waals surface area contributed by atoms with E-state index in [1.54, 1.807) is 0 Å². The van der Waals surface area contributed by atoms with Gasteiger partial charge in [-0.15, -0.1) is 11.3 Å². The molecule has 0 amide bonds. The maximum atomic E-state index is 12.4. The second kappa shape index (κ2) is 7.16. The molecule has 0 aliphatic heterocycles. The lowest BCUT2D eigenvalue weighted by Crippen LogP contribution is -2.12. The van der Waals surface area contributed by atoms with Crippen molar-refractivity contribution in [2.75, 3.05) is 12.3 Å². The van der Waals surface area contributed by atoms with Gasteiger partial charge >= 0.3 is 5.97 Å². The minimum Gasteiger partial charge on any atom is -0.462 e. The van der Waals surface area contributed by atoms with Crippen molar-refractivity contribution in [2.45, 2.75) is 27.2 Å². The minimum atomic E-state index is -0.355. The third-order valence-electron chi connectivity index (χ3n) is 3.21. The van der Waals surface area contributed by atoms with Crippen LogP contribution in [0, 0.1) is 5.92 Å². The summed E-state index contributed by atoms with van der Waals surface area (Å²) in [6.45, 7) is 6.44. The van der Waals surface area contributed by atoms with Crippen LogP contribution < -0.4 is 5.73 Å². The van der Waals surface area contributed by atoms with Crippen LogP contribution in [-0.2, 0) is 11.2 Å². The van der Waals surface area contributed by atoms with Crippen LogP contribution in [0.5, 0.6) is 0 Å². The van der Waals surface area contributed by atoms with Gasteiger partial charge in [0.25, 0.3) is 0 Å². The Bertz CT molecular complexity index is 662. The molecule has 0 radical (unpaired) electrons. The smallest absolute Gasteiger partial charge is 0.341 e. The first-order chi connectivity index (χ1) is 10.4. The van der Waals surface area contributed by atoms with E-state index in [0.717, 1.165) is 22.4 Å². The summed E-state index contributed by atoms with van der Waals surface area (Å²) < 4.78 is 5.38. The van der Waals surface area contributed by atoms with Crippen molar-refractivity contribution >= 4 is 33.9 Å². The summed E-state index contributed by atoms with van der Waals surface area (Å²) in [6, 6.07) is 7.44. The molecule has 0 aliphatic carbocycles. The van der Waals surface area contributed by atoms with Crippen molar-refractivity contribution in [3.05, 3.63) is 39.7 Å². The van der Waals surface area contributed by atoms with Crippen molar-refractivity contribution in [1.29, 1.82) is 0 Å². The molecule has 5 heteroatoms. The first kappa shape index (κ1) is 16.8. The molecule has 1 aromatic carbocycles. The van der Waals surface area contributed by atoms with Crippen LogP contribution >= 0.6 is 22.9 Å². The number of carbonyl (C=O) groups is 1. The van der Waals surface area contributed by atoms with Gasteiger partial charge in [0.2, 0.25) is 0 Å². The van der Waals surface area contributed by atoms with Crippen LogP contribution in [0.25, 0.3) is 11.1 Å². The molecule has 0 fully saturated rings. The van der Waals surface area contributed by atoms with Gasteiger partial charge in [0.15, 0.2) is 0 Å². The van der Waals surface area contributed by atoms with Gasteiger partial charge in [-0.3, -0.25) is 0 Å². The Labute approximate surface area is 140 Å². The summed E-state index contributed by atoms with van der Waals surface area (Å²) >= 11 is 7.40. The molecule has 0 aliphatic rings. The summed E-state index contributed by atoms with van der Waals surface area (Å²) in [6.07, 6.45) is 0.810. The standard InChI is InChI=1S/C17H20ClNO2S/c1-4-13-14(11-5-7-12(18)8-6-11)15(16(19)22-13)17(20)21-9-10(2)3/h5-8,10H,4,9,19H2,1-3H3. The number of halogens is 1. The van der Waals surface area contributed by atoms with Crippen molar-refractivity contribution in [1.82, 2.24) is 0 Å². The molecule has 3 nitrogen and oxygen atoms in total. The van der Waals surface area contributed by atoms with Gasteiger partial charge in [0.05, 0.1) is 6.61 Å². The number of thiophene rings is 1. The van der Waals surface area contributed by atoms with Crippen LogP contribution in [0.2, 0.25) is 5.02 Å². The highest BCUT2D eigenvalue weighted by atomic mass is 35.5. The fourth-order valence-corrected chi connectivity index (χ4v) is 3.33. The summed E-state index contributed by atoms with van der Waals surface area (Å²) in [5, 5.41) is 1.17. The Kier molecular flexibility index (Phi) is 5.48. The van der Waals surface area contributed by atoms with Gasteiger partial charge < -0.3 is 10.5 Å². The van der Waals surface area contributed by atoms with Crippen LogP contribution in [0.3, 0.4) is 0 Å². The first-order valence-corrected chi connectivity index (χ1v) is 8.47. The number of hydrogen-bond donors (Lipinski definition) is 1. The van der Waals surface area contributed by atoms with Crippen LogP contribution in [0.15, 0.2) is 24.3 Å². The third-order valence-corrected chi connectivity index (χ3v) is 4.63. The molecule has 0 saturated carbocycles. The molecular weight excluding hydrogens is 318 g/mol. The number of hydrogen-bond acceptors (Lipinski definition) is 4. The van der Waals surface area contributed by atoms with Gasteiger partial charge in [0.1, 0.15) is 10.6 Å². The Morgan fingerprint density at radius 1 is 1.32 bits per heavy atom. The van der Waals surface area contributed by atoms with E-state index in [-0.39, 0.29) is 11.9 Å². The van der Waals surface area contributed by atoms with Crippen LogP contribution in [0.4, 0.5) is 5.00 Å². The maximum Gasteiger partial charge on any atom is 0.341 e. The molecule has 0 saturated heterocycles. The lowest BCUT2D eigenvalue weighted by atomic mass is 10.0.